The molecule has 1 amide bonds. The lowest BCUT2D eigenvalue weighted by Gasteiger charge is -2.08. The number of nitrogens with zero attached hydrogens (tertiary/aromatic N) is 2. The Morgan fingerprint density at radius 3 is 2.23 bits per heavy atom. The van der Waals surface area contributed by atoms with Gasteiger partial charge in [-0.1, -0.05) is 19.1 Å². The van der Waals surface area contributed by atoms with Crippen LogP contribution in [0.5, 0.6) is 5.75 Å². The Hall–Kier alpha value is -3.41. The second-order valence-corrected chi connectivity index (χ2v) is 5.64. The molecule has 0 unspecified atom stereocenters. The van der Waals surface area contributed by atoms with Gasteiger partial charge in [0.25, 0.3) is 5.91 Å². The number of ether oxygens (including phenoxy) is 1. The third kappa shape index (κ3) is 4.36. The van der Waals surface area contributed by atoms with Crippen LogP contribution in [0.2, 0.25) is 0 Å². The Bertz CT molecular complexity index is 860. The number of aryl methyl sites for hydroxylation is 1. The highest BCUT2D eigenvalue weighted by Crippen LogP contribution is 2.18. The standard InChI is InChI=1S/C20H20N4O2/c1-3-14-4-6-16(7-5-14)24-20(25)18-12-22-19(13-21-18)23-15-8-10-17(26-2)11-9-15/h4-13H,3H2,1-2H3,(H,22,23)(H,24,25). The van der Waals surface area contributed by atoms with Gasteiger partial charge in [-0.15, -0.1) is 0 Å². The smallest absolute Gasteiger partial charge is 0.275 e. The molecule has 0 bridgehead atoms. The van der Waals surface area contributed by atoms with E-state index in [1.807, 2.05) is 48.5 Å². The summed E-state index contributed by atoms with van der Waals surface area (Å²) < 4.78 is 5.12. The summed E-state index contributed by atoms with van der Waals surface area (Å²) in [6, 6.07) is 15.2. The average molecular weight is 348 g/mol. The molecule has 0 saturated carbocycles. The first-order valence-electron chi connectivity index (χ1n) is 8.31. The van der Waals surface area contributed by atoms with Crippen LogP contribution in [0.25, 0.3) is 0 Å². The van der Waals surface area contributed by atoms with Crippen LogP contribution in [0.4, 0.5) is 17.2 Å². The van der Waals surface area contributed by atoms with Crippen LogP contribution in [0.15, 0.2) is 60.9 Å². The molecule has 0 saturated heterocycles. The van der Waals surface area contributed by atoms with Crippen molar-refractivity contribution in [2.75, 3.05) is 17.7 Å². The zero-order chi connectivity index (χ0) is 18.4. The number of anilines is 3. The third-order valence-electron chi connectivity index (χ3n) is 3.87. The van der Waals surface area contributed by atoms with Crippen LogP contribution in [0.1, 0.15) is 23.0 Å². The summed E-state index contributed by atoms with van der Waals surface area (Å²) >= 11 is 0. The normalized spacial score (nSPS) is 10.2. The lowest BCUT2D eigenvalue weighted by atomic mass is 10.1. The summed E-state index contributed by atoms with van der Waals surface area (Å²) in [5.74, 6) is 1.04. The van der Waals surface area contributed by atoms with E-state index in [9.17, 15) is 4.79 Å². The van der Waals surface area contributed by atoms with Crippen molar-refractivity contribution in [2.45, 2.75) is 13.3 Å². The van der Waals surface area contributed by atoms with Crippen molar-refractivity contribution in [3.8, 4) is 5.75 Å². The van der Waals surface area contributed by atoms with Crippen LogP contribution in [0, 0.1) is 0 Å². The molecule has 3 aromatic rings. The molecule has 1 heterocycles. The summed E-state index contributed by atoms with van der Waals surface area (Å²) in [5.41, 5.74) is 3.06. The lowest BCUT2D eigenvalue weighted by molar-refractivity contribution is 0.102. The molecular weight excluding hydrogens is 328 g/mol. The zero-order valence-electron chi connectivity index (χ0n) is 14.7. The van der Waals surface area contributed by atoms with Gasteiger partial charge in [0, 0.05) is 11.4 Å². The van der Waals surface area contributed by atoms with Gasteiger partial charge in [-0.2, -0.15) is 0 Å². The van der Waals surface area contributed by atoms with Gasteiger partial charge in [-0.3, -0.25) is 4.79 Å². The topological polar surface area (TPSA) is 76.1 Å². The average Bonchev–Trinajstić information content (AvgIpc) is 2.69. The SMILES string of the molecule is CCc1ccc(NC(=O)c2cnc(Nc3ccc(OC)cc3)cn2)cc1. The number of hydrogen-bond donors (Lipinski definition) is 2. The molecule has 0 aliphatic carbocycles. The first-order valence-corrected chi connectivity index (χ1v) is 8.31. The van der Waals surface area contributed by atoms with Gasteiger partial charge in [0.15, 0.2) is 0 Å². The molecule has 26 heavy (non-hydrogen) atoms. The van der Waals surface area contributed by atoms with E-state index in [4.69, 9.17) is 4.74 Å². The molecule has 1 aromatic heterocycles. The number of carbonyl (C=O) groups is 1. The van der Waals surface area contributed by atoms with Crippen molar-refractivity contribution in [3.63, 3.8) is 0 Å². The molecule has 0 atom stereocenters. The minimum absolute atomic E-state index is 0.254. The second kappa shape index (κ2) is 8.11. The van der Waals surface area contributed by atoms with Crippen LogP contribution < -0.4 is 15.4 Å². The number of hydrogen-bond acceptors (Lipinski definition) is 5. The van der Waals surface area contributed by atoms with Crippen LogP contribution >= 0.6 is 0 Å². The van der Waals surface area contributed by atoms with Gasteiger partial charge in [0.1, 0.15) is 17.3 Å². The van der Waals surface area contributed by atoms with Gasteiger partial charge in [0.05, 0.1) is 19.5 Å². The largest absolute Gasteiger partial charge is 0.497 e. The van der Waals surface area contributed by atoms with Gasteiger partial charge < -0.3 is 15.4 Å². The summed E-state index contributed by atoms with van der Waals surface area (Å²) in [6.45, 7) is 2.09. The molecule has 0 aliphatic heterocycles. The van der Waals surface area contributed by atoms with E-state index in [2.05, 4.69) is 27.5 Å². The van der Waals surface area contributed by atoms with E-state index < -0.39 is 0 Å². The summed E-state index contributed by atoms with van der Waals surface area (Å²) in [6.07, 6.45) is 3.93. The highest BCUT2D eigenvalue weighted by Gasteiger charge is 2.09. The number of rotatable bonds is 6. The van der Waals surface area contributed by atoms with Gasteiger partial charge in [-0.05, 0) is 48.4 Å². The van der Waals surface area contributed by atoms with Crippen LogP contribution in [-0.2, 0) is 6.42 Å². The molecule has 0 radical (unpaired) electrons. The number of amides is 1. The highest BCUT2D eigenvalue weighted by molar-refractivity contribution is 6.02. The Morgan fingerprint density at radius 1 is 0.962 bits per heavy atom. The molecule has 0 fully saturated rings. The number of aromatic nitrogens is 2. The molecule has 0 spiro atoms. The maximum absolute atomic E-state index is 12.3. The maximum atomic E-state index is 12.3. The molecule has 3 rings (SSSR count). The first kappa shape index (κ1) is 17.4. The third-order valence-corrected chi connectivity index (χ3v) is 3.87. The van der Waals surface area contributed by atoms with Crippen molar-refractivity contribution in [2.24, 2.45) is 0 Å². The maximum Gasteiger partial charge on any atom is 0.275 e. The van der Waals surface area contributed by atoms with E-state index >= 15 is 0 Å². The molecule has 6 heteroatoms. The van der Waals surface area contributed by atoms with E-state index in [0.29, 0.717) is 5.82 Å². The fourth-order valence-electron chi connectivity index (χ4n) is 2.35. The van der Waals surface area contributed by atoms with Gasteiger partial charge in [0.2, 0.25) is 0 Å². The van der Waals surface area contributed by atoms with Gasteiger partial charge >= 0.3 is 0 Å². The monoisotopic (exact) mass is 348 g/mol. The lowest BCUT2D eigenvalue weighted by Crippen LogP contribution is -2.14. The Kier molecular flexibility index (Phi) is 5.43. The molecule has 0 aliphatic rings. The summed E-state index contributed by atoms with van der Waals surface area (Å²) in [4.78, 5) is 20.7. The van der Waals surface area contributed by atoms with E-state index in [0.717, 1.165) is 23.5 Å². The Labute approximate surface area is 152 Å². The number of nitrogens with one attached hydrogen (secondary N) is 2. The molecule has 6 nitrogen and oxygen atoms in total. The van der Waals surface area contributed by atoms with E-state index in [1.54, 1.807) is 7.11 Å². The van der Waals surface area contributed by atoms with Crippen molar-refractivity contribution < 1.29 is 9.53 Å². The summed E-state index contributed by atoms with van der Waals surface area (Å²) in [7, 11) is 1.62. The van der Waals surface area contributed by atoms with Crippen LogP contribution in [-0.4, -0.2) is 23.0 Å². The minimum Gasteiger partial charge on any atom is -0.497 e. The van der Waals surface area contributed by atoms with Crippen molar-refractivity contribution in [3.05, 3.63) is 72.2 Å². The van der Waals surface area contributed by atoms with E-state index in [1.165, 1.54) is 18.0 Å². The van der Waals surface area contributed by atoms with Gasteiger partial charge in [-0.25, -0.2) is 9.97 Å². The fourth-order valence-corrected chi connectivity index (χ4v) is 2.35. The predicted molar refractivity (Wildman–Crippen MR) is 102 cm³/mol. The van der Waals surface area contributed by atoms with Crippen molar-refractivity contribution in [1.82, 2.24) is 9.97 Å². The minimum atomic E-state index is -0.294. The quantitative estimate of drug-likeness (QED) is 0.703. The highest BCUT2D eigenvalue weighted by atomic mass is 16.5. The van der Waals surface area contributed by atoms with E-state index in [-0.39, 0.29) is 11.6 Å². The number of benzene rings is 2. The van der Waals surface area contributed by atoms with Crippen molar-refractivity contribution >= 4 is 23.1 Å². The molecular formula is C20H20N4O2. The molecule has 2 aromatic carbocycles. The molecule has 132 valence electrons. The number of carbonyl (C=O) groups excluding carboxylic acids is 1. The summed E-state index contributed by atoms with van der Waals surface area (Å²) in [5, 5.41) is 5.94. The Morgan fingerprint density at radius 2 is 1.65 bits per heavy atom. The fraction of sp³-hybridized carbons (Fsp3) is 0.150. The predicted octanol–water partition coefficient (Wildman–Crippen LogP) is 4.04. The first-order chi connectivity index (χ1) is 12.7. The zero-order valence-corrected chi connectivity index (χ0v) is 14.7. The second-order valence-electron chi connectivity index (χ2n) is 5.64. The Balaban J connectivity index is 1.63. The van der Waals surface area contributed by atoms with Crippen LogP contribution in [0.3, 0.4) is 0 Å². The van der Waals surface area contributed by atoms with Crippen molar-refractivity contribution in [1.29, 1.82) is 0 Å². The number of methoxy groups -OCH3 is 1. The molecule has 2 N–H and O–H groups in total.